The predicted octanol–water partition coefficient (Wildman–Crippen LogP) is 14.8. The number of carbonyl (C=O) groups excluding carboxylic acids is 3. The highest BCUT2D eigenvalue weighted by Gasteiger charge is 2.22. The van der Waals surface area contributed by atoms with Crippen molar-refractivity contribution in [3.05, 3.63) is 36.5 Å². The fraction of sp³-hybridized carbons (Fsp3) is 0.845. The Morgan fingerprint density at radius 2 is 0.806 bits per heavy atom. The number of carboxylic acid groups (broad SMARTS) is 1. The molecule has 0 aromatic rings. The van der Waals surface area contributed by atoms with Crippen molar-refractivity contribution in [1.29, 1.82) is 0 Å². The van der Waals surface area contributed by atoms with Crippen LogP contribution in [0.4, 0.5) is 0 Å². The van der Waals surface area contributed by atoms with Gasteiger partial charge in [0.25, 0.3) is 0 Å². The second kappa shape index (κ2) is 49.9. The Bertz CT molecular complexity index is 1190. The molecule has 0 N–H and O–H groups in total. The van der Waals surface area contributed by atoms with E-state index >= 15 is 0 Å². The van der Waals surface area contributed by atoms with Crippen LogP contribution < -0.4 is 5.11 Å². The molecule has 392 valence electrons. The average molecular weight is 946 g/mol. The highest BCUT2D eigenvalue weighted by Crippen LogP contribution is 2.16. The van der Waals surface area contributed by atoms with Crippen LogP contribution in [0.2, 0.25) is 0 Å². The predicted molar refractivity (Wildman–Crippen MR) is 279 cm³/mol. The van der Waals surface area contributed by atoms with Crippen LogP contribution in [0.3, 0.4) is 0 Å². The molecule has 0 aliphatic carbocycles. The van der Waals surface area contributed by atoms with Crippen LogP contribution >= 0.6 is 0 Å². The molecule has 0 bridgehead atoms. The zero-order chi connectivity index (χ0) is 49.2. The maximum atomic E-state index is 12.8. The molecule has 0 heterocycles. The lowest BCUT2D eigenvalue weighted by atomic mass is 10.0. The average Bonchev–Trinajstić information content (AvgIpc) is 3.29. The molecule has 9 nitrogen and oxygen atoms in total. The van der Waals surface area contributed by atoms with Crippen molar-refractivity contribution in [1.82, 2.24) is 0 Å². The molecular formula is C58H107NO8. The molecule has 0 aromatic heterocycles. The summed E-state index contributed by atoms with van der Waals surface area (Å²) in [6.45, 7) is 4.75. The quantitative estimate of drug-likeness (QED) is 0.0195. The second-order valence-electron chi connectivity index (χ2n) is 20.2. The molecular weight excluding hydrogens is 839 g/mol. The van der Waals surface area contributed by atoms with Crippen molar-refractivity contribution in [2.75, 3.05) is 47.5 Å². The number of carboxylic acids is 1. The van der Waals surface area contributed by atoms with Crippen LogP contribution in [0.5, 0.6) is 0 Å². The third-order valence-electron chi connectivity index (χ3n) is 12.4. The summed E-state index contributed by atoms with van der Waals surface area (Å²) in [5.41, 5.74) is 0. The Morgan fingerprint density at radius 3 is 1.19 bits per heavy atom. The molecule has 0 radical (unpaired) electrons. The molecule has 0 rings (SSSR count). The lowest BCUT2D eigenvalue weighted by Crippen LogP contribution is -2.44. The minimum absolute atomic E-state index is 0.148. The van der Waals surface area contributed by atoms with Gasteiger partial charge in [-0.3, -0.25) is 9.59 Å². The molecule has 0 aliphatic heterocycles. The van der Waals surface area contributed by atoms with Gasteiger partial charge >= 0.3 is 11.9 Å². The number of quaternary nitrogens is 1. The summed E-state index contributed by atoms with van der Waals surface area (Å²) in [5.74, 6) is -2.28. The largest absolute Gasteiger partial charge is 0.545 e. The zero-order valence-electron chi connectivity index (χ0n) is 44.5. The fourth-order valence-electron chi connectivity index (χ4n) is 7.97. The number of esters is 2. The monoisotopic (exact) mass is 946 g/mol. The Hall–Kier alpha value is -2.49. The van der Waals surface area contributed by atoms with Crippen LogP contribution in [0.1, 0.15) is 258 Å². The van der Waals surface area contributed by atoms with Crippen molar-refractivity contribution >= 4 is 17.9 Å². The Morgan fingerprint density at radius 1 is 0.448 bits per heavy atom. The number of likely N-dealkylation sites (N-methyl/N-ethyl adjacent to an activating group) is 1. The van der Waals surface area contributed by atoms with Gasteiger partial charge in [0.1, 0.15) is 13.2 Å². The fourth-order valence-corrected chi connectivity index (χ4v) is 7.97. The normalized spacial score (nSPS) is 13.0. The van der Waals surface area contributed by atoms with Crippen LogP contribution in [-0.2, 0) is 33.3 Å². The number of ether oxygens (including phenoxy) is 4. The van der Waals surface area contributed by atoms with Crippen molar-refractivity contribution in [2.24, 2.45) is 0 Å². The summed E-state index contributed by atoms with van der Waals surface area (Å²) in [4.78, 5) is 37.2. The van der Waals surface area contributed by atoms with E-state index in [2.05, 4.69) is 50.3 Å². The van der Waals surface area contributed by atoms with Gasteiger partial charge in [-0.1, -0.05) is 211 Å². The summed E-state index contributed by atoms with van der Waals surface area (Å²) in [7, 11) is 5.92. The van der Waals surface area contributed by atoms with Crippen LogP contribution in [0, 0.1) is 0 Å². The number of hydrogen-bond acceptors (Lipinski definition) is 8. The minimum Gasteiger partial charge on any atom is -0.545 e. The van der Waals surface area contributed by atoms with E-state index in [4.69, 9.17) is 18.9 Å². The van der Waals surface area contributed by atoms with Crippen molar-refractivity contribution in [2.45, 2.75) is 270 Å². The standard InChI is InChI=1S/C58H107NO8/c1-6-8-10-12-14-16-18-20-22-24-25-26-27-28-29-30-31-33-35-37-39-41-43-45-47-49-56(61)67-54(53-66-58(57(62)63)64-51-50-59(3,4)5)52-65-55(60)48-46-44-42-40-38-36-34-32-23-21-19-17-15-13-11-9-7-2/h18,20-21,23-25,54,58H,6-17,19,22,26-53H2,1-5H3/b20-18-,23-21-,25-24-. The van der Waals surface area contributed by atoms with Crippen LogP contribution in [0.15, 0.2) is 36.5 Å². The van der Waals surface area contributed by atoms with E-state index in [9.17, 15) is 19.5 Å². The number of unbranched alkanes of at least 4 members (excludes halogenated alkanes) is 31. The number of hydrogen-bond donors (Lipinski definition) is 0. The lowest BCUT2D eigenvalue weighted by Gasteiger charge is -2.26. The van der Waals surface area contributed by atoms with Crippen molar-refractivity contribution in [3.8, 4) is 0 Å². The third-order valence-corrected chi connectivity index (χ3v) is 12.4. The number of aliphatic carboxylic acids is 1. The van der Waals surface area contributed by atoms with Crippen molar-refractivity contribution in [3.63, 3.8) is 0 Å². The number of allylic oxidation sites excluding steroid dienone is 6. The molecule has 0 aliphatic rings. The maximum absolute atomic E-state index is 12.8. The van der Waals surface area contributed by atoms with Crippen LogP contribution in [0.25, 0.3) is 0 Å². The van der Waals surface area contributed by atoms with E-state index in [0.717, 1.165) is 44.9 Å². The van der Waals surface area contributed by atoms with Gasteiger partial charge in [0, 0.05) is 12.8 Å². The molecule has 2 atom stereocenters. The van der Waals surface area contributed by atoms with Gasteiger partial charge in [0.15, 0.2) is 12.4 Å². The summed E-state index contributed by atoms with van der Waals surface area (Å²) < 4.78 is 22.7. The molecule has 0 fully saturated rings. The first-order chi connectivity index (χ1) is 32.6. The summed E-state index contributed by atoms with van der Waals surface area (Å²) in [6.07, 6.45) is 56.1. The molecule has 0 spiro atoms. The first-order valence-electron chi connectivity index (χ1n) is 28.1. The Balaban J connectivity index is 4.24. The number of carbonyl (C=O) groups is 3. The van der Waals surface area contributed by atoms with Gasteiger partial charge in [0.05, 0.1) is 40.3 Å². The lowest BCUT2D eigenvalue weighted by molar-refractivity contribution is -0.870. The molecule has 0 aromatic carbocycles. The molecule has 67 heavy (non-hydrogen) atoms. The topological polar surface area (TPSA) is 111 Å². The van der Waals surface area contributed by atoms with E-state index in [1.165, 1.54) is 180 Å². The summed E-state index contributed by atoms with van der Waals surface area (Å²) in [6, 6.07) is 0. The minimum atomic E-state index is -1.62. The number of nitrogens with zero attached hydrogens (tertiary/aromatic N) is 1. The highest BCUT2D eigenvalue weighted by atomic mass is 16.7. The van der Waals surface area contributed by atoms with Gasteiger partial charge in [-0.2, -0.15) is 0 Å². The highest BCUT2D eigenvalue weighted by molar-refractivity contribution is 5.70. The van der Waals surface area contributed by atoms with Gasteiger partial charge < -0.3 is 33.3 Å². The Labute approximate surface area is 413 Å². The maximum Gasteiger partial charge on any atom is 0.306 e. The van der Waals surface area contributed by atoms with Gasteiger partial charge in [0.2, 0.25) is 0 Å². The molecule has 2 unspecified atom stereocenters. The van der Waals surface area contributed by atoms with E-state index < -0.39 is 24.3 Å². The summed E-state index contributed by atoms with van der Waals surface area (Å²) >= 11 is 0. The van der Waals surface area contributed by atoms with Crippen LogP contribution in [-0.4, -0.2) is 82.3 Å². The van der Waals surface area contributed by atoms with Crippen molar-refractivity contribution < 1.29 is 42.9 Å². The summed E-state index contributed by atoms with van der Waals surface area (Å²) in [5, 5.41) is 11.8. The third kappa shape index (κ3) is 51.2. The first kappa shape index (κ1) is 64.5. The molecule has 0 saturated heterocycles. The Kier molecular flexibility index (Phi) is 48.1. The van der Waals surface area contributed by atoms with Gasteiger partial charge in [-0.25, -0.2) is 0 Å². The van der Waals surface area contributed by atoms with E-state index in [1.54, 1.807) is 0 Å². The smallest absolute Gasteiger partial charge is 0.306 e. The molecule has 0 amide bonds. The second-order valence-corrected chi connectivity index (χ2v) is 20.2. The van der Waals surface area contributed by atoms with E-state index in [-0.39, 0.29) is 38.6 Å². The van der Waals surface area contributed by atoms with Gasteiger partial charge in [-0.15, -0.1) is 0 Å². The SMILES string of the molecule is CCCCCCC/C=C\C/C=C\CCCCCCCCCCCCCCCC(=O)OC(COC(=O)CCCCCCCCC/C=C\CCCCCCCC)COC(OCC[N+](C)(C)C)C(=O)[O-]. The first-order valence-corrected chi connectivity index (χ1v) is 28.1. The van der Waals surface area contributed by atoms with E-state index in [0.29, 0.717) is 17.4 Å². The molecule has 0 saturated carbocycles. The zero-order valence-corrected chi connectivity index (χ0v) is 44.5. The van der Waals surface area contributed by atoms with E-state index in [1.807, 2.05) is 21.1 Å². The molecule has 9 heteroatoms. The number of rotatable bonds is 52. The van der Waals surface area contributed by atoms with Gasteiger partial charge in [-0.05, 0) is 70.6 Å².